The number of piperidine rings is 1. The van der Waals surface area contributed by atoms with Crippen molar-refractivity contribution < 1.29 is 38.1 Å². The van der Waals surface area contributed by atoms with E-state index in [0.717, 1.165) is 5.57 Å². The molecule has 0 spiro atoms. The molecule has 1 N–H and O–H groups in total. The number of benzene rings is 2. The molecule has 2 amide bonds. The van der Waals surface area contributed by atoms with Gasteiger partial charge in [0.05, 0.1) is 13.2 Å². The van der Waals surface area contributed by atoms with Crippen LogP contribution >= 0.6 is 0 Å². The fraction of sp³-hybridized carbons (Fsp3) is 0.400. The largest absolute Gasteiger partial charge is 0.493 e. The Morgan fingerprint density at radius 2 is 1.78 bits per heavy atom. The van der Waals surface area contributed by atoms with Gasteiger partial charge in [0, 0.05) is 45.0 Å². The van der Waals surface area contributed by atoms with Gasteiger partial charge < -0.3 is 33.9 Å². The number of carbonyl (C=O) groups is 3. The van der Waals surface area contributed by atoms with Gasteiger partial charge in [-0.2, -0.15) is 0 Å². The highest BCUT2D eigenvalue weighted by Gasteiger charge is 2.27. The molecule has 0 bridgehead atoms. The van der Waals surface area contributed by atoms with Crippen molar-refractivity contribution in [1.29, 1.82) is 0 Å². The molecule has 1 unspecified atom stereocenters. The quantitative estimate of drug-likeness (QED) is 0.200. The van der Waals surface area contributed by atoms with Crippen LogP contribution < -0.4 is 24.3 Å². The molecule has 0 radical (unpaired) electrons. The molecule has 1 saturated heterocycles. The third-order valence-corrected chi connectivity index (χ3v) is 7.06. The lowest BCUT2D eigenvalue weighted by Crippen LogP contribution is -2.44. The average Bonchev–Trinajstić information content (AvgIpc) is 2.99. The number of hydrogen-bond donors (Lipinski definition) is 1. The van der Waals surface area contributed by atoms with Crippen molar-refractivity contribution in [3.05, 3.63) is 77.9 Å². The Morgan fingerprint density at radius 3 is 2.49 bits per heavy atom. The number of amides is 2. The lowest BCUT2D eigenvalue weighted by molar-refractivity contribution is -0.132. The van der Waals surface area contributed by atoms with Crippen LogP contribution in [0.15, 0.2) is 72.3 Å². The van der Waals surface area contributed by atoms with E-state index in [2.05, 4.69) is 5.32 Å². The first-order valence-corrected chi connectivity index (χ1v) is 15.1. The zero-order valence-corrected chi connectivity index (χ0v) is 26.5. The molecule has 1 heterocycles. The summed E-state index contributed by atoms with van der Waals surface area (Å²) in [6.45, 7) is 8.35. The first kappa shape index (κ1) is 33.2. The molecule has 0 saturated carbocycles. The van der Waals surface area contributed by atoms with Gasteiger partial charge in [-0.15, -0.1) is 0 Å². The normalized spacial score (nSPS) is 17.0. The van der Waals surface area contributed by atoms with Crippen molar-refractivity contribution in [1.82, 2.24) is 10.2 Å². The summed E-state index contributed by atoms with van der Waals surface area (Å²) < 4.78 is 28.2. The molecule has 45 heavy (non-hydrogen) atoms. The van der Waals surface area contributed by atoms with E-state index in [1.807, 2.05) is 63.3 Å². The zero-order chi connectivity index (χ0) is 32.4. The minimum Gasteiger partial charge on any atom is -0.493 e. The molecule has 2 aromatic carbocycles. The van der Waals surface area contributed by atoms with Crippen LogP contribution in [0.25, 0.3) is 6.08 Å². The van der Waals surface area contributed by atoms with E-state index in [1.54, 1.807) is 29.2 Å². The number of carbonyl (C=O) groups excluding carboxylic acids is 3. The van der Waals surface area contributed by atoms with E-state index >= 15 is 0 Å². The molecule has 1 aliphatic carbocycles. The number of hydrogen-bond acceptors (Lipinski definition) is 8. The summed E-state index contributed by atoms with van der Waals surface area (Å²) in [6.07, 6.45) is 10.7. The van der Waals surface area contributed by atoms with Gasteiger partial charge in [-0.1, -0.05) is 30.4 Å². The molecule has 240 valence electrons. The van der Waals surface area contributed by atoms with Crippen LogP contribution in [-0.2, 0) is 14.3 Å². The second-order valence-corrected chi connectivity index (χ2v) is 11.9. The number of allylic oxidation sites excluding steroid dienone is 2. The Morgan fingerprint density at radius 1 is 1.02 bits per heavy atom. The fourth-order valence-corrected chi connectivity index (χ4v) is 4.88. The van der Waals surface area contributed by atoms with E-state index in [9.17, 15) is 14.4 Å². The van der Waals surface area contributed by atoms with Crippen molar-refractivity contribution in [3.63, 3.8) is 0 Å². The highest BCUT2D eigenvalue weighted by molar-refractivity contribution is 5.92. The van der Waals surface area contributed by atoms with Crippen molar-refractivity contribution in [2.45, 2.75) is 64.7 Å². The molecule has 1 fully saturated rings. The Kier molecular flexibility index (Phi) is 11.3. The zero-order valence-electron chi connectivity index (χ0n) is 26.5. The topological polar surface area (TPSA) is 113 Å². The van der Waals surface area contributed by atoms with Crippen LogP contribution in [0.5, 0.6) is 23.0 Å². The first-order valence-electron chi connectivity index (χ1n) is 15.1. The molecule has 10 heteroatoms. The predicted molar refractivity (Wildman–Crippen MR) is 171 cm³/mol. The van der Waals surface area contributed by atoms with Gasteiger partial charge in [-0.05, 0) is 68.7 Å². The van der Waals surface area contributed by atoms with E-state index in [-0.39, 0.29) is 29.9 Å². The number of nitrogens with zero attached hydrogens (tertiary/aromatic N) is 1. The molecule has 2 aliphatic rings. The second kappa shape index (κ2) is 15.3. The average molecular weight is 619 g/mol. The van der Waals surface area contributed by atoms with Gasteiger partial charge in [0.2, 0.25) is 5.91 Å². The Balaban J connectivity index is 1.28. The smallest absolute Gasteiger partial charge is 0.410 e. The number of rotatable bonds is 10. The SMILES string of the molecule is COc1ccc(/C=C/C(=O)NC2CC=CC=C2COc2cccc(OC3CCN(C(=O)OC(C)(C)C)CC3)c2)cc1OC(C)=O. The van der Waals surface area contributed by atoms with Crippen LogP contribution in [0.1, 0.15) is 52.5 Å². The molecule has 2 aromatic rings. The molecule has 4 rings (SSSR count). The number of methoxy groups -OCH3 is 1. The molecule has 0 aromatic heterocycles. The summed E-state index contributed by atoms with van der Waals surface area (Å²) in [5, 5.41) is 3.04. The lowest BCUT2D eigenvalue weighted by Gasteiger charge is -2.33. The molecular formula is C35H42N2O8. The minimum atomic E-state index is -0.519. The summed E-state index contributed by atoms with van der Waals surface area (Å²) in [7, 11) is 1.49. The van der Waals surface area contributed by atoms with Gasteiger partial charge in [0.1, 0.15) is 29.8 Å². The molecule has 10 nitrogen and oxygen atoms in total. The number of likely N-dealkylation sites (tertiary alicyclic amines) is 1. The first-order chi connectivity index (χ1) is 21.5. The van der Waals surface area contributed by atoms with Crippen LogP contribution in [0.2, 0.25) is 0 Å². The minimum absolute atomic E-state index is 0.0102. The van der Waals surface area contributed by atoms with Crippen LogP contribution in [-0.4, -0.2) is 67.4 Å². The van der Waals surface area contributed by atoms with Gasteiger partial charge in [0.25, 0.3) is 0 Å². The van der Waals surface area contributed by atoms with Gasteiger partial charge in [0.15, 0.2) is 11.5 Å². The van der Waals surface area contributed by atoms with Crippen molar-refractivity contribution in [2.24, 2.45) is 0 Å². The van der Waals surface area contributed by atoms with Crippen LogP contribution in [0.3, 0.4) is 0 Å². The Labute approximate surface area is 264 Å². The Hall–Kier alpha value is -4.73. The maximum absolute atomic E-state index is 12.8. The standard InChI is InChI=1S/C35H42N2O8/c1-24(38)43-32-21-25(13-15-31(32)41-5)14-16-33(39)36-30-12-7-6-9-26(30)23-42-28-10-8-11-29(22-28)44-27-17-19-37(20-18-27)34(40)45-35(2,3)4/h6-11,13-16,21-22,27,30H,12,17-20,23H2,1-5H3,(H,36,39)/b16-14+. The predicted octanol–water partition coefficient (Wildman–Crippen LogP) is 5.86. The Bertz CT molecular complexity index is 1450. The molecular weight excluding hydrogens is 576 g/mol. The third-order valence-electron chi connectivity index (χ3n) is 7.06. The summed E-state index contributed by atoms with van der Waals surface area (Å²) in [4.78, 5) is 38.3. The molecule has 1 aliphatic heterocycles. The van der Waals surface area contributed by atoms with E-state index in [4.69, 9.17) is 23.7 Å². The van der Waals surface area contributed by atoms with E-state index < -0.39 is 11.6 Å². The van der Waals surface area contributed by atoms with Crippen molar-refractivity contribution in [2.75, 3.05) is 26.8 Å². The summed E-state index contributed by atoms with van der Waals surface area (Å²) >= 11 is 0. The van der Waals surface area contributed by atoms with Gasteiger partial charge >= 0.3 is 12.1 Å². The maximum atomic E-state index is 12.8. The summed E-state index contributed by atoms with van der Waals surface area (Å²) in [5.41, 5.74) is 1.09. The second-order valence-electron chi connectivity index (χ2n) is 11.9. The van der Waals surface area contributed by atoms with Gasteiger partial charge in [-0.3, -0.25) is 9.59 Å². The molecule has 1 atom stereocenters. The fourth-order valence-electron chi connectivity index (χ4n) is 4.88. The van der Waals surface area contributed by atoms with Crippen LogP contribution in [0.4, 0.5) is 4.79 Å². The summed E-state index contributed by atoms with van der Waals surface area (Å²) in [6, 6.07) is 12.3. The van der Waals surface area contributed by atoms with E-state index in [0.29, 0.717) is 61.8 Å². The summed E-state index contributed by atoms with van der Waals surface area (Å²) in [5.74, 6) is 1.34. The number of esters is 1. The highest BCUT2D eigenvalue weighted by atomic mass is 16.6. The van der Waals surface area contributed by atoms with Crippen molar-refractivity contribution >= 4 is 24.0 Å². The third kappa shape index (κ3) is 10.4. The van der Waals surface area contributed by atoms with E-state index in [1.165, 1.54) is 20.1 Å². The number of nitrogens with one attached hydrogen (secondary N) is 1. The maximum Gasteiger partial charge on any atom is 0.410 e. The van der Waals surface area contributed by atoms with Crippen molar-refractivity contribution in [3.8, 4) is 23.0 Å². The highest BCUT2D eigenvalue weighted by Crippen LogP contribution is 2.29. The monoisotopic (exact) mass is 618 g/mol. The lowest BCUT2D eigenvalue weighted by atomic mass is 9.99. The number of ether oxygens (including phenoxy) is 5. The van der Waals surface area contributed by atoms with Gasteiger partial charge in [-0.25, -0.2) is 4.79 Å². The van der Waals surface area contributed by atoms with Crippen LogP contribution in [0, 0.1) is 0 Å².